The van der Waals surface area contributed by atoms with Crippen LogP contribution in [0.5, 0.6) is 0 Å². The van der Waals surface area contributed by atoms with Crippen molar-refractivity contribution < 1.29 is 19.0 Å². The van der Waals surface area contributed by atoms with Crippen LogP contribution in [-0.2, 0) is 19.0 Å². The quantitative estimate of drug-likeness (QED) is 0.772. The fraction of sp³-hybridized carbons (Fsp3) is 0.947. The summed E-state index contributed by atoms with van der Waals surface area (Å²) in [5, 5.41) is 0. The van der Waals surface area contributed by atoms with Gasteiger partial charge in [-0.2, -0.15) is 0 Å². The standard InChI is InChI=1S/C19H31NO4/c21-18(16-5-10-22-11-6-16)20-8-4-17-19(13-20,7-1-9-24-17)14-23-12-15-2-3-15/h15-17H,1-14H2/t17-,19-/m0/s1. The summed E-state index contributed by atoms with van der Waals surface area (Å²) in [5.41, 5.74) is 0.0201. The molecule has 1 aliphatic carbocycles. The Kier molecular flexibility index (Phi) is 5.11. The fourth-order valence-corrected chi connectivity index (χ4v) is 4.61. The van der Waals surface area contributed by atoms with Crippen LogP contribution in [-0.4, -0.2) is 63.0 Å². The summed E-state index contributed by atoms with van der Waals surface area (Å²) in [6.45, 7) is 5.62. The number of piperidine rings is 1. The summed E-state index contributed by atoms with van der Waals surface area (Å²) in [7, 11) is 0. The molecule has 0 aromatic heterocycles. The van der Waals surface area contributed by atoms with E-state index in [1.807, 2.05) is 0 Å². The molecule has 0 unspecified atom stereocenters. The highest BCUT2D eigenvalue weighted by Gasteiger charge is 2.48. The summed E-state index contributed by atoms with van der Waals surface area (Å²) in [4.78, 5) is 15.1. The van der Waals surface area contributed by atoms with E-state index < -0.39 is 0 Å². The normalized spacial score (nSPS) is 34.8. The van der Waals surface area contributed by atoms with E-state index in [1.165, 1.54) is 12.8 Å². The maximum absolute atomic E-state index is 13.0. The lowest BCUT2D eigenvalue weighted by molar-refractivity contribution is -0.169. The Bertz CT molecular complexity index is 447. The summed E-state index contributed by atoms with van der Waals surface area (Å²) in [6.07, 6.45) is 7.83. The molecule has 0 spiro atoms. The van der Waals surface area contributed by atoms with Gasteiger partial charge in [-0.25, -0.2) is 0 Å². The van der Waals surface area contributed by atoms with E-state index >= 15 is 0 Å². The fourth-order valence-electron chi connectivity index (χ4n) is 4.61. The Morgan fingerprint density at radius 1 is 1.12 bits per heavy atom. The highest BCUT2D eigenvalue weighted by Crippen LogP contribution is 2.41. The van der Waals surface area contributed by atoms with Crippen molar-refractivity contribution in [1.82, 2.24) is 4.90 Å². The molecule has 5 heteroatoms. The maximum Gasteiger partial charge on any atom is 0.225 e. The van der Waals surface area contributed by atoms with Gasteiger partial charge in [-0.3, -0.25) is 4.79 Å². The van der Waals surface area contributed by atoms with E-state index in [1.54, 1.807) is 0 Å². The predicted octanol–water partition coefficient (Wildman–Crippen LogP) is 2.24. The van der Waals surface area contributed by atoms with Gasteiger partial charge >= 0.3 is 0 Å². The SMILES string of the molecule is O=C(C1CCOCC1)N1CC[C@@H]2OCCC[C@@]2(COCC2CC2)C1. The lowest BCUT2D eigenvalue weighted by atomic mass is 9.72. The molecule has 0 N–H and O–H groups in total. The Hall–Kier alpha value is -0.650. The van der Waals surface area contributed by atoms with Crippen LogP contribution >= 0.6 is 0 Å². The number of ether oxygens (including phenoxy) is 3. The molecule has 1 amide bonds. The first-order valence-corrected chi connectivity index (χ1v) is 9.83. The predicted molar refractivity (Wildman–Crippen MR) is 89.7 cm³/mol. The van der Waals surface area contributed by atoms with Gasteiger partial charge < -0.3 is 19.1 Å². The Labute approximate surface area is 145 Å². The maximum atomic E-state index is 13.0. The van der Waals surface area contributed by atoms with Crippen molar-refractivity contribution in [2.45, 2.75) is 51.0 Å². The largest absolute Gasteiger partial charge is 0.381 e. The highest BCUT2D eigenvalue weighted by molar-refractivity contribution is 5.79. The molecule has 0 aromatic rings. The monoisotopic (exact) mass is 337 g/mol. The van der Waals surface area contributed by atoms with E-state index in [0.717, 1.165) is 84.1 Å². The molecule has 0 bridgehead atoms. The second-order valence-electron chi connectivity index (χ2n) is 8.22. The van der Waals surface area contributed by atoms with Crippen LogP contribution in [0.25, 0.3) is 0 Å². The topological polar surface area (TPSA) is 48.0 Å². The van der Waals surface area contributed by atoms with Crippen LogP contribution in [0.3, 0.4) is 0 Å². The van der Waals surface area contributed by atoms with E-state index in [2.05, 4.69) is 4.90 Å². The van der Waals surface area contributed by atoms with E-state index in [9.17, 15) is 4.79 Å². The number of fused-ring (bicyclic) bond motifs is 1. The minimum Gasteiger partial charge on any atom is -0.381 e. The van der Waals surface area contributed by atoms with E-state index in [0.29, 0.717) is 5.91 Å². The summed E-state index contributed by atoms with van der Waals surface area (Å²) in [5.74, 6) is 1.28. The second kappa shape index (κ2) is 7.30. The van der Waals surface area contributed by atoms with Crippen molar-refractivity contribution in [2.24, 2.45) is 17.3 Å². The Balaban J connectivity index is 1.40. The minimum atomic E-state index is 0.0201. The summed E-state index contributed by atoms with van der Waals surface area (Å²) in [6, 6.07) is 0. The first-order chi connectivity index (χ1) is 11.8. The highest BCUT2D eigenvalue weighted by atomic mass is 16.5. The van der Waals surface area contributed by atoms with Crippen LogP contribution in [0, 0.1) is 17.3 Å². The number of likely N-dealkylation sites (tertiary alicyclic amines) is 1. The molecule has 0 radical (unpaired) electrons. The van der Waals surface area contributed by atoms with Crippen molar-refractivity contribution in [3.63, 3.8) is 0 Å². The zero-order chi connectivity index (χ0) is 16.4. The second-order valence-corrected chi connectivity index (χ2v) is 8.22. The molecule has 24 heavy (non-hydrogen) atoms. The van der Waals surface area contributed by atoms with Crippen molar-refractivity contribution in [1.29, 1.82) is 0 Å². The number of rotatable bonds is 5. The average molecular weight is 337 g/mol. The third-order valence-corrected chi connectivity index (χ3v) is 6.31. The molecule has 0 aromatic carbocycles. The molecule has 4 rings (SSSR count). The first kappa shape index (κ1) is 16.8. The van der Waals surface area contributed by atoms with Crippen molar-refractivity contribution >= 4 is 5.91 Å². The van der Waals surface area contributed by atoms with Crippen LogP contribution in [0.15, 0.2) is 0 Å². The van der Waals surface area contributed by atoms with Gasteiger partial charge in [-0.15, -0.1) is 0 Å². The molecular weight excluding hydrogens is 306 g/mol. The van der Waals surface area contributed by atoms with Crippen molar-refractivity contribution in [3.05, 3.63) is 0 Å². The van der Waals surface area contributed by atoms with Crippen molar-refractivity contribution in [2.75, 3.05) is 46.1 Å². The van der Waals surface area contributed by atoms with Gasteiger partial charge in [0.1, 0.15) is 0 Å². The number of hydrogen-bond donors (Lipinski definition) is 0. The average Bonchev–Trinajstić information content (AvgIpc) is 3.45. The third-order valence-electron chi connectivity index (χ3n) is 6.31. The van der Waals surface area contributed by atoms with Crippen LogP contribution in [0.2, 0.25) is 0 Å². The van der Waals surface area contributed by atoms with Gasteiger partial charge in [-0.1, -0.05) is 0 Å². The van der Waals surface area contributed by atoms with Crippen LogP contribution < -0.4 is 0 Å². The number of carbonyl (C=O) groups is 1. The molecule has 3 aliphatic heterocycles. The van der Waals surface area contributed by atoms with E-state index in [4.69, 9.17) is 14.2 Å². The third kappa shape index (κ3) is 3.63. The van der Waals surface area contributed by atoms with Gasteiger partial charge in [0.25, 0.3) is 0 Å². The molecule has 4 fully saturated rings. The summed E-state index contributed by atoms with van der Waals surface area (Å²) < 4.78 is 17.6. The number of nitrogens with zero attached hydrogens (tertiary/aromatic N) is 1. The molecule has 3 heterocycles. The lowest BCUT2D eigenvalue weighted by Gasteiger charge is -2.51. The van der Waals surface area contributed by atoms with Gasteiger partial charge in [0.15, 0.2) is 0 Å². The minimum absolute atomic E-state index is 0.0201. The molecule has 2 atom stereocenters. The Morgan fingerprint density at radius 3 is 2.75 bits per heavy atom. The molecular formula is C19H31NO4. The molecule has 3 saturated heterocycles. The van der Waals surface area contributed by atoms with Gasteiger partial charge in [0.2, 0.25) is 5.91 Å². The lowest BCUT2D eigenvalue weighted by Crippen LogP contribution is -2.59. The number of hydrogen-bond acceptors (Lipinski definition) is 4. The van der Waals surface area contributed by atoms with Crippen LogP contribution in [0.1, 0.15) is 44.9 Å². The zero-order valence-electron chi connectivity index (χ0n) is 14.7. The van der Waals surface area contributed by atoms with Crippen molar-refractivity contribution in [3.8, 4) is 0 Å². The van der Waals surface area contributed by atoms with Crippen LogP contribution in [0.4, 0.5) is 0 Å². The number of carbonyl (C=O) groups excluding carboxylic acids is 1. The van der Waals surface area contributed by atoms with Gasteiger partial charge in [0.05, 0.1) is 12.7 Å². The molecule has 136 valence electrons. The van der Waals surface area contributed by atoms with E-state index in [-0.39, 0.29) is 17.4 Å². The Morgan fingerprint density at radius 2 is 1.96 bits per heavy atom. The zero-order valence-corrected chi connectivity index (χ0v) is 14.7. The molecule has 5 nitrogen and oxygen atoms in total. The molecule has 4 aliphatic rings. The van der Waals surface area contributed by atoms with Gasteiger partial charge in [0, 0.05) is 50.8 Å². The van der Waals surface area contributed by atoms with Gasteiger partial charge in [-0.05, 0) is 50.9 Å². The smallest absolute Gasteiger partial charge is 0.225 e. The summed E-state index contributed by atoms with van der Waals surface area (Å²) >= 11 is 0. The molecule has 1 saturated carbocycles. The first-order valence-electron chi connectivity index (χ1n) is 9.83. The number of amides is 1.